The molecule has 3 nitrogen and oxygen atoms in total. The van der Waals surface area contributed by atoms with Crippen LogP contribution in [0, 0.1) is 0 Å². The van der Waals surface area contributed by atoms with Gasteiger partial charge in [-0.15, -0.1) is 0 Å². The van der Waals surface area contributed by atoms with Crippen molar-refractivity contribution in [2.45, 2.75) is 26.2 Å². The molecule has 2 rings (SSSR count). The molecule has 0 aliphatic rings. The Bertz CT molecular complexity index is 522. The Morgan fingerprint density at radius 1 is 1.47 bits per heavy atom. The smallest absolute Gasteiger partial charge is 0.229 e. The first kappa shape index (κ1) is 12.0. The molecule has 1 heterocycles. The van der Waals surface area contributed by atoms with E-state index in [0.717, 1.165) is 28.1 Å². The quantitative estimate of drug-likeness (QED) is 0.893. The van der Waals surface area contributed by atoms with Gasteiger partial charge in [0.05, 0.1) is 11.8 Å². The van der Waals surface area contributed by atoms with E-state index in [1.807, 2.05) is 18.2 Å². The van der Waals surface area contributed by atoms with Crippen molar-refractivity contribution < 1.29 is 4.52 Å². The topological polar surface area (TPSA) is 52.0 Å². The molecule has 17 heavy (non-hydrogen) atoms. The van der Waals surface area contributed by atoms with E-state index in [9.17, 15) is 0 Å². The Hall–Kier alpha value is -1.48. The SMILES string of the molecule is CCC(C)c1ccc(-c2cnoc2N)cc1Cl. The summed E-state index contributed by atoms with van der Waals surface area (Å²) in [6, 6.07) is 5.94. The Morgan fingerprint density at radius 2 is 2.24 bits per heavy atom. The third-order valence-corrected chi connectivity index (χ3v) is 3.38. The van der Waals surface area contributed by atoms with Crippen LogP contribution in [0.2, 0.25) is 5.02 Å². The third-order valence-electron chi connectivity index (χ3n) is 3.05. The van der Waals surface area contributed by atoms with Crippen LogP contribution in [0.4, 0.5) is 5.88 Å². The van der Waals surface area contributed by atoms with Gasteiger partial charge in [0.15, 0.2) is 0 Å². The molecule has 0 bridgehead atoms. The molecule has 0 aliphatic heterocycles. The maximum Gasteiger partial charge on any atom is 0.229 e. The molecule has 1 unspecified atom stereocenters. The number of hydrogen-bond donors (Lipinski definition) is 1. The summed E-state index contributed by atoms with van der Waals surface area (Å²) in [6.07, 6.45) is 2.67. The van der Waals surface area contributed by atoms with Crippen molar-refractivity contribution in [1.29, 1.82) is 0 Å². The van der Waals surface area contributed by atoms with Crippen LogP contribution in [0.3, 0.4) is 0 Å². The Balaban J connectivity index is 2.41. The second-order valence-corrected chi connectivity index (χ2v) is 4.56. The van der Waals surface area contributed by atoms with Gasteiger partial charge in [-0.05, 0) is 29.5 Å². The van der Waals surface area contributed by atoms with Gasteiger partial charge < -0.3 is 10.3 Å². The lowest BCUT2D eigenvalue weighted by Gasteiger charge is -2.12. The van der Waals surface area contributed by atoms with Crippen molar-refractivity contribution in [3.8, 4) is 11.1 Å². The van der Waals surface area contributed by atoms with Crippen LogP contribution < -0.4 is 5.73 Å². The largest absolute Gasteiger partial charge is 0.367 e. The monoisotopic (exact) mass is 250 g/mol. The van der Waals surface area contributed by atoms with Gasteiger partial charge in [0.25, 0.3) is 0 Å². The van der Waals surface area contributed by atoms with Crippen molar-refractivity contribution >= 4 is 17.5 Å². The molecular weight excluding hydrogens is 236 g/mol. The normalized spacial score (nSPS) is 12.6. The highest BCUT2D eigenvalue weighted by Gasteiger charge is 2.12. The lowest BCUT2D eigenvalue weighted by atomic mass is 9.96. The number of aromatic nitrogens is 1. The van der Waals surface area contributed by atoms with E-state index in [-0.39, 0.29) is 0 Å². The highest BCUT2D eigenvalue weighted by molar-refractivity contribution is 6.31. The predicted octanol–water partition coefficient (Wildman–Crippen LogP) is 4.09. The zero-order chi connectivity index (χ0) is 12.4. The van der Waals surface area contributed by atoms with Crippen LogP contribution in [0.15, 0.2) is 28.9 Å². The maximum atomic E-state index is 6.28. The highest BCUT2D eigenvalue weighted by Crippen LogP contribution is 2.33. The summed E-state index contributed by atoms with van der Waals surface area (Å²) in [7, 11) is 0. The average Bonchev–Trinajstić information content (AvgIpc) is 2.74. The van der Waals surface area contributed by atoms with E-state index >= 15 is 0 Å². The predicted molar refractivity (Wildman–Crippen MR) is 70.1 cm³/mol. The van der Waals surface area contributed by atoms with Crippen LogP contribution >= 0.6 is 11.6 Å². The fraction of sp³-hybridized carbons (Fsp3) is 0.308. The van der Waals surface area contributed by atoms with E-state index in [1.54, 1.807) is 6.20 Å². The molecule has 2 aromatic rings. The Morgan fingerprint density at radius 3 is 2.76 bits per heavy atom. The van der Waals surface area contributed by atoms with Gasteiger partial charge in [-0.1, -0.05) is 42.7 Å². The fourth-order valence-electron chi connectivity index (χ4n) is 1.78. The van der Waals surface area contributed by atoms with Crippen LogP contribution in [0.5, 0.6) is 0 Å². The Labute approximate surface area is 106 Å². The number of hydrogen-bond acceptors (Lipinski definition) is 3. The van der Waals surface area contributed by atoms with E-state index < -0.39 is 0 Å². The second-order valence-electron chi connectivity index (χ2n) is 4.15. The summed E-state index contributed by atoms with van der Waals surface area (Å²) >= 11 is 6.28. The molecular formula is C13H15ClN2O. The van der Waals surface area contributed by atoms with Gasteiger partial charge in [0.1, 0.15) is 0 Å². The van der Waals surface area contributed by atoms with Gasteiger partial charge in [-0.3, -0.25) is 0 Å². The molecule has 1 atom stereocenters. The minimum atomic E-state index is 0.317. The number of anilines is 1. The van der Waals surface area contributed by atoms with Crippen LogP contribution in [-0.4, -0.2) is 5.16 Å². The third kappa shape index (κ3) is 2.29. The van der Waals surface area contributed by atoms with Gasteiger partial charge in [0, 0.05) is 5.02 Å². The molecule has 0 spiro atoms. The molecule has 0 saturated heterocycles. The van der Waals surface area contributed by atoms with Gasteiger partial charge in [0.2, 0.25) is 5.88 Å². The standard InChI is InChI=1S/C13H15ClN2O/c1-3-8(2)10-5-4-9(6-12(10)14)11-7-16-17-13(11)15/h4-8H,3,15H2,1-2H3. The molecule has 90 valence electrons. The van der Waals surface area contributed by atoms with Crippen LogP contribution in [0.1, 0.15) is 31.7 Å². The van der Waals surface area contributed by atoms with E-state index in [1.165, 1.54) is 0 Å². The minimum absolute atomic E-state index is 0.317. The zero-order valence-electron chi connectivity index (χ0n) is 9.90. The van der Waals surface area contributed by atoms with Gasteiger partial charge in [-0.2, -0.15) is 0 Å². The summed E-state index contributed by atoms with van der Waals surface area (Å²) in [5.41, 5.74) is 8.55. The second kappa shape index (κ2) is 4.80. The summed E-state index contributed by atoms with van der Waals surface area (Å²) in [5, 5.41) is 4.42. The first-order valence-corrected chi connectivity index (χ1v) is 6.01. The number of halogens is 1. The average molecular weight is 251 g/mol. The molecule has 0 amide bonds. The number of nitrogens with zero attached hydrogens (tertiary/aromatic N) is 1. The van der Waals surface area contributed by atoms with Crippen molar-refractivity contribution in [3.63, 3.8) is 0 Å². The summed E-state index contributed by atoms with van der Waals surface area (Å²) in [5.74, 6) is 0.772. The number of benzene rings is 1. The van der Waals surface area contributed by atoms with Crippen molar-refractivity contribution in [2.75, 3.05) is 5.73 Å². The molecule has 0 saturated carbocycles. The first-order chi connectivity index (χ1) is 8.13. The zero-order valence-corrected chi connectivity index (χ0v) is 10.7. The van der Waals surface area contributed by atoms with E-state index in [4.69, 9.17) is 21.9 Å². The van der Waals surface area contributed by atoms with Crippen molar-refractivity contribution in [1.82, 2.24) is 5.16 Å². The Kier molecular flexibility index (Phi) is 3.38. The molecule has 4 heteroatoms. The summed E-state index contributed by atoms with van der Waals surface area (Å²) < 4.78 is 4.84. The lowest BCUT2D eigenvalue weighted by Crippen LogP contribution is -1.93. The highest BCUT2D eigenvalue weighted by atomic mass is 35.5. The first-order valence-electron chi connectivity index (χ1n) is 5.63. The molecule has 0 aliphatic carbocycles. The number of nitrogen functional groups attached to an aromatic ring is 1. The minimum Gasteiger partial charge on any atom is -0.367 e. The van der Waals surface area contributed by atoms with Crippen molar-refractivity contribution in [3.05, 3.63) is 35.0 Å². The lowest BCUT2D eigenvalue weighted by molar-refractivity contribution is 0.436. The summed E-state index contributed by atoms with van der Waals surface area (Å²) in [4.78, 5) is 0. The molecule has 0 fully saturated rings. The molecule has 1 aromatic heterocycles. The van der Waals surface area contributed by atoms with E-state index in [0.29, 0.717) is 11.8 Å². The maximum absolute atomic E-state index is 6.28. The number of nitrogens with two attached hydrogens (primary N) is 1. The molecule has 2 N–H and O–H groups in total. The van der Waals surface area contributed by atoms with Gasteiger partial charge in [-0.25, -0.2) is 0 Å². The van der Waals surface area contributed by atoms with Crippen LogP contribution in [-0.2, 0) is 0 Å². The van der Waals surface area contributed by atoms with Gasteiger partial charge >= 0.3 is 0 Å². The molecule has 1 aromatic carbocycles. The molecule has 0 radical (unpaired) electrons. The fourth-order valence-corrected chi connectivity index (χ4v) is 2.15. The van der Waals surface area contributed by atoms with E-state index in [2.05, 4.69) is 19.0 Å². The van der Waals surface area contributed by atoms with Crippen molar-refractivity contribution in [2.24, 2.45) is 0 Å². The summed E-state index contributed by atoms with van der Waals surface area (Å²) in [6.45, 7) is 4.31. The van der Waals surface area contributed by atoms with Crippen LogP contribution in [0.25, 0.3) is 11.1 Å². The number of rotatable bonds is 3.